The van der Waals surface area contributed by atoms with Crippen LogP contribution >= 0.6 is 0 Å². The molecule has 34 heavy (non-hydrogen) atoms. The number of hydrogen-bond donors (Lipinski definition) is 0. The maximum Gasteiger partial charge on any atom is 0.438 e. The molecule has 12 heteroatoms. The predicted octanol–water partition coefficient (Wildman–Crippen LogP) is 5.41. The number of rotatable bonds is 6. The molecule has 1 heterocycles. The number of esters is 1. The van der Waals surface area contributed by atoms with E-state index >= 15 is 0 Å². The largest absolute Gasteiger partial charge is 0.503 e. The summed E-state index contributed by atoms with van der Waals surface area (Å²) >= 11 is 0. The summed E-state index contributed by atoms with van der Waals surface area (Å²) in [4.78, 5) is 19.2. The molecule has 0 unspecified atom stereocenters. The number of alkyl halides is 6. The molecule has 0 aliphatic rings. The minimum atomic E-state index is -4.99. The van der Waals surface area contributed by atoms with Gasteiger partial charge in [0, 0.05) is 0 Å². The van der Waals surface area contributed by atoms with Crippen molar-refractivity contribution in [2.45, 2.75) is 19.0 Å². The lowest BCUT2D eigenvalue weighted by Crippen LogP contribution is -2.14. The first-order valence-electron chi connectivity index (χ1n) is 9.44. The van der Waals surface area contributed by atoms with Crippen LogP contribution in [0.4, 0.5) is 26.3 Å². The van der Waals surface area contributed by atoms with Crippen molar-refractivity contribution >= 4 is 22.6 Å². The average molecular weight is 486 g/mol. The van der Waals surface area contributed by atoms with Gasteiger partial charge in [-0.1, -0.05) is 24.3 Å². The number of nitrogens with zero attached hydrogens (tertiary/aromatic N) is 2. The van der Waals surface area contributed by atoms with Crippen LogP contribution in [0.1, 0.15) is 22.4 Å². The molecule has 0 aliphatic heterocycles. The lowest BCUT2D eigenvalue weighted by Gasteiger charge is -2.16. The van der Waals surface area contributed by atoms with E-state index in [4.69, 9.17) is 14.2 Å². The number of methoxy groups -OCH3 is 2. The van der Waals surface area contributed by atoms with E-state index in [1.807, 2.05) is 0 Å². The van der Waals surface area contributed by atoms with E-state index < -0.39 is 47.6 Å². The zero-order chi connectivity index (χ0) is 25.1. The monoisotopic (exact) mass is 486 g/mol. The molecule has 0 N–H and O–H groups in total. The Labute approximate surface area is 188 Å². The third-order valence-electron chi connectivity index (χ3n) is 4.54. The lowest BCUT2D eigenvalue weighted by molar-refractivity contribution is -0.143. The Kier molecular flexibility index (Phi) is 6.99. The number of ether oxygens (including phenoxy) is 3. The molecule has 0 atom stereocenters. The van der Waals surface area contributed by atoms with Gasteiger partial charge in [0.1, 0.15) is 12.2 Å². The highest BCUT2D eigenvalue weighted by Crippen LogP contribution is 2.37. The van der Waals surface area contributed by atoms with Gasteiger partial charge in [0.15, 0.2) is 0 Å². The quantitative estimate of drug-likeness (QED) is 0.201. The molecule has 0 spiro atoms. The summed E-state index contributed by atoms with van der Waals surface area (Å²) in [6.07, 6.45) is -8.62. The topological polar surface area (TPSA) is 70.5 Å². The number of benzene rings is 2. The number of aromatic nitrogens is 2. The third-order valence-corrected chi connectivity index (χ3v) is 4.54. The van der Waals surface area contributed by atoms with E-state index in [1.54, 1.807) is 12.1 Å². The fourth-order valence-electron chi connectivity index (χ4n) is 3.00. The molecule has 0 bridgehead atoms. The van der Waals surface area contributed by atoms with E-state index in [9.17, 15) is 31.1 Å². The first-order valence-corrected chi connectivity index (χ1v) is 9.44. The summed E-state index contributed by atoms with van der Waals surface area (Å²) in [5, 5.41) is 0. The summed E-state index contributed by atoms with van der Waals surface area (Å²) in [5.74, 6) is -1.78. The van der Waals surface area contributed by atoms with Crippen molar-refractivity contribution in [3.05, 3.63) is 71.1 Å². The van der Waals surface area contributed by atoms with Gasteiger partial charge < -0.3 is 14.2 Å². The minimum absolute atomic E-state index is 0.0281. The molecule has 0 saturated heterocycles. The predicted molar refractivity (Wildman–Crippen MR) is 107 cm³/mol. The van der Waals surface area contributed by atoms with Gasteiger partial charge in [-0.2, -0.15) is 26.3 Å². The highest BCUT2D eigenvalue weighted by atomic mass is 19.4. The Morgan fingerprint density at radius 3 is 2.26 bits per heavy atom. The molecule has 0 radical (unpaired) electrons. The SMILES string of the molecule is CO/C=C(/C(=O)OC)c1ccccc1COc1nc2cc(C(F)(F)F)ccc2nc1C(F)(F)F. The second-order valence-electron chi connectivity index (χ2n) is 6.78. The molecule has 3 rings (SSSR count). The molecule has 1 aromatic heterocycles. The molecule has 6 nitrogen and oxygen atoms in total. The van der Waals surface area contributed by atoms with Crippen molar-refractivity contribution in [2.24, 2.45) is 0 Å². The number of fused-ring (bicyclic) bond motifs is 1. The van der Waals surface area contributed by atoms with Crippen LogP contribution in [-0.2, 0) is 33.2 Å². The van der Waals surface area contributed by atoms with Crippen molar-refractivity contribution < 1.29 is 45.3 Å². The summed E-state index contributed by atoms with van der Waals surface area (Å²) in [6.45, 7) is -0.517. The van der Waals surface area contributed by atoms with Crippen LogP contribution in [0.5, 0.6) is 5.88 Å². The van der Waals surface area contributed by atoms with Crippen LogP contribution in [-0.4, -0.2) is 30.2 Å². The summed E-state index contributed by atoms with van der Waals surface area (Å²) in [7, 11) is 2.43. The van der Waals surface area contributed by atoms with Crippen LogP contribution in [0.2, 0.25) is 0 Å². The molecule has 0 aliphatic carbocycles. The van der Waals surface area contributed by atoms with Gasteiger partial charge in [0.05, 0.1) is 37.1 Å². The second kappa shape index (κ2) is 9.57. The average Bonchev–Trinajstić information content (AvgIpc) is 2.78. The van der Waals surface area contributed by atoms with Crippen LogP contribution in [0.15, 0.2) is 48.7 Å². The molecule has 2 aromatic carbocycles. The number of carbonyl (C=O) groups excluding carboxylic acids is 1. The molecule has 180 valence electrons. The van der Waals surface area contributed by atoms with Crippen LogP contribution in [0.3, 0.4) is 0 Å². The van der Waals surface area contributed by atoms with Crippen molar-refractivity contribution in [1.82, 2.24) is 9.97 Å². The highest BCUT2D eigenvalue weighted by molar-refractivity contribution is 6.16. The van der Waals surface area contributed by atoms with Crippen molar-refractivity contribution in [2.75, 3.05) is 14.2 Å². The Morgan fingerprint density at radius 2 is 1.65 bits per heavy atom. The molecule has 0 saturated carbocycles. The molecular weight excluding hydrogens is 470 g/mol. The molecule has 0 fully saturated rings. The molecule has 3 aromatic rings. The standard InChI is InChI=1S/C22H16F6N2O4/c1-32-11-15(20(31)33-2)14-6-4-3-5-12(14)10-34-19-18(22(26,27)28)29-16-8-7-13(21(23,24)25)9-17(16)30-19/h3-9,11H,10H2,1-2H3/b15-11+. The van der Waals surface area contributed by atoms with Crippen molar-refractivity contribution in [3.8, 4) is 5.88 Å². The normalized spacial score (nSPS) is 12.5. The fraction of sp³-hybridized carbons (Fsp3) is 0.227. The van der Waals surface area contributed by atoms with Gasteiger partial charge in [-0.05, 0) is 29.3 Å². The number of hydrogen-bond acceptors (Lipinski definition) is 6. The zero-order valence-electron chi connectivity index (χ0n) is 17.6. The van der Waals surface area contributed by atoms with E-state index in [2.05, 4.69) is 9.97 Å². The van der Waals surface area contributed by atoms with Crippen LogP contribution in [0.25, 0.3) is 16.6 Å². The lowest BCUT2D eigenvalue weighted by atomic mass is 10.0. The van der Waals surface area contributed by atoms with Gasteiger partial charge in [-0.3, -0.25) is 0 Å². The molecule has 0 amide bonds. The van der Waals surface area contributed by atoms with Gasteiger partial charge in [0.2, 0.25) is 11.6 Å². The fourth-order valence-corrected chi connectivity index (χ4v) is 3.00. The second-order valence-corrected chi connectivity index (χ2v) is 6.78. The van der Waals surface area contributed by atoms with Crippen LogP contribution in [0, 0.1) is 0 Å². The Bertz CT molecular complexity index is 1240. The van der Waals surface area contributed by atoms with Gasteiger partial charge in [0.25, 0.3) is 0 Å². The summed E-state index contributed by atoms with van der Waals surface area (Å²) in [6, 6.07) is 8.09. The first kappa shape index (κ1) is 24.8. The Morgan fingerprint density at radius 1 is 0.941 bits per heavy atom. The number of carbonyl (C=O) groups is 1. The molecular formula is C22H16F6N2O4. The van der Waals surface area contributed by atoms with E-state index in [1.165, 1.54) is 19.2 Å². The van der Waals surface area contributed by atoms with Gasteiger partial charge in [-0.15, -0.1) is 0 Å². The first-order chi connectivity index (χ1) is 16.0. The maximum absolute atomic E-state index is 13.6. The van der Waals surface area contributed by atoms with E-state index in [0.717, 1.165) is 19.4 Å². The van der Waals surface area contributed by atoms with Crippen molar-refractivity contribution in [1.29, 1.82) is 0 Å². The van der Waals surface area contributed by atoms with E-state index in [-0.39, 0.29) is 22.2 Å². The van der Waals surface area contributed by atoms with Crippen LogP contribution < -0.4 is 4.74 Å². The number of halogens is 6. The minimum Gasteiger partial charge on any atom is -0.503 e. The highest BCUT2D eigenvalue weighted by Gasteiger charge is 2.38. The van der Waals surface area contributed by atoms with E-state index in [0.29, 0.717) is 12.1 Å². The maximum atomic E-state index is 13.6. The van der Waals surface area contributed by atoms with Crippen molar-refractivity contribution in [3.63, 3.8) is 0 Å². The Hall–Kier alpha value is -3.83. The smallest absolute Gasteiger partial charge is 0.438 e. The van der Waals surface area contributed by atoms with Gasteiger partial charge >= 0.3 is 18.3 Å². The summed E-state index contributed by atoms with van der Waals surface area (Å²) in [5.41, 5.74) is -2.94. The third kappa shape index (κ3) is 5.38. The zero-order valence-corrected chi connectivity index (χ0v) is 17.6. The van der Waals surface area contributed by atoms with Gasteiger partial charge in [-0.25, -0.2) is 14.8 Å². The Balaban J connectivity index is 2.05. The summed E-state index contributed by atoms with van der Waals surface area (Å²) < 4.78 is 94.6.